The molecule has 3 fully saturated rings. The molecule has 13 nitrogen and oxygen atoms in total. The normalized spacial score (nSPS) is 31.0. The van der Waals surface area contributed by atoms with Crippen LogP contribution in [0.25, 0.3) is 0 Å². The Morgan fingerprint density at radius 3 is 2.71 bits per heavy atom. The van der Waals surface area contributed by atoms with Crippen LogP contribution in [0.2, 0.25) is 0 Å². The van der Waals surface area contributed by atoms with Crippen LogP contribution >= 0.6 is 0 Å². The third-order valence-corrected chi connectivity index (χ3v) is 12.0. The molecule has 1 aromatic carbocycles. The summed E-state index contributed by atoms with van der Waals surface area (Å²) in [6, 6.07) is 2.10. The molecule has 2 unspecified atom stereocenters. The molecule has 6 rings (SSSR count). The molecule has 262 valence electrons. The van der Waals surface area contributed by atoms with E-state index in [2.05, 4.69) is 10.0 Å². The first-order chi connectivity index (χ1) is 22.9. The second-order valence-corrected chi connectivity index (χ2v) is 15.6. The number of hydrogen-bond donors (Lipinski definition) is 3. The summed E-state index contributed by atoms with van der Waals surface area (Å²) in [7, 11) is -2.39. The lowest BCUT2D eigenvalue weighted by Gasteiger charge is -2.36. The van der Waals surface area contributed by atoms with E-state index in [-0.39, 0.29) is 44.8 Å². The summed E-state index contributed by atoms with van der Waals surface area (Å²) in [5, 5.41) is 2.17. The number of halogens is 1. The van der Waals surface area contributed by atoms with E-state index < -0.39 is 74.8 Å². The van der Waals surface area contributed by atoms with Crippen molar-refractivity contribution in [1.29, 1.82) is 0 Å². The van der Waals surface area contributed by atoms with Crippen molar-refractivity contribution >= 4 is 33.8 Å². The van der Waals surface area contributed by atoms with E-state index in [1.54, 1.807) is 12.1 Å². The Bertz CT molecular complexity index is 1590. The molecule has 4 N–H and O–H groups in total. The summed E-state index contributed by atoms with van der Waals surface area (Å²) in [5.74, 6) is -2.70. The van der Waals surface area contributed by atoms with E-state index in [9.17, 15) is 32.0 Å². The van der Waals surface area contributed by atoms with E-state index in [1.165, 1.54) is 23.0 Å². The number of allylic oxidation sites excluding steroid dienone is 1. The highest BCUT2D eigenvalue weighted by atomic mass is 32.2. The number of nitrogens with zero attached hydrogens (tertiary/aromatic N) is 2. The molecule has 0 spiro atoms. The quantitative estimate of drug-likeness (QED) is 0.376. The van der Waals surface area contributed by atoms with Crippen molar-refractivity contribution in [2.75, 3.05) is 26.8 Å². The van der Waals surface area contributed by atoms with E-state index in [1.807, 2.05) is 12.2 Å². The molecule has 2 aliphatic carbocycles. The zero-order valence-corrected chi connectivity index (χ0v) is 27.9. The SMILES string of the molecule is COCC1c2cccc(F)c2CCN1C(=O)O[C@@H]1CC2C(=O)N[C@]3(C(=O)NS(=O)(=O)C4CC4)C[C@H]3C=CCCCCC[C@H](N)C(=O)N2C1. The number of carbonyl (C=O) groups excluding carboxylic acids is 4. The average Bonchev–Trinajstić information content (AvgIpc) is 3.97. The van der Waals surface area contributed by atoms with E-state index in [0.29, 0.717) is 36.8 Å². The molecule has 0 bridgehead atoms. The van der Waals surface area contributed by atoms with Crippen LogP contribution in [0.5, 0.6) is 0 Å². The summed E-state index contributed by atoms with van der Waals surface area (Å²) < 4.78 is 53.4. The van der Waals surface area contributed by atoms with Crippen molar-refractivity contribution in [2.45, 2.75) is 99.2 Å². The molecule has 15 heteroatoms. The predicted molar refractivity (Wildman–Crippen MR) is 171 cm³/mol. The molecule has 0 aromatic heterocycles. The van der Waals surface area contributed by atoms with Gasteiger partial charge in [0.25, 0.3) is 5.91 Å². The molecule has 4 amide bonds. The van der Waals surface area contributed by atoms with Gasteiger partial charge in [-0.25, -0.2) is 17.6 Å². The van der Waals surface area contributed by atoms with Crippen molar-refractivity contribution in [3.8, 4) is 0 Å². The number of sulfonamides is 1. The van der Waals surface area contributed by atoms with Crippen LogP contribution in [0, 0.1) is 11.7 Å². The van der Waals surface area contributed by atoms with Crippen molar-refractivity contribution < 1.29 is 41.5 Å². The third kappa shape index (κ3) is 6.95. The fourth-order valence-corrected chi connectivity index (χ4v) is 8.58. The third-order valence-electron chi connectivity index (χ3n) is 10.2. The molecule has 5 aliphatic rings. The van der Waals surface area contributed by atoms with E-state index >= 15 is 0 Å². The second-order valence-electron chi connectivity index (χ2n) is 13.6. The number of amides is 4. The topological polar surface area (TPSA) is 177 Å². The number of methoxy groups -OCH3 is 1. The number of fused-ring (bicyclic) bond motifs is 3. The Labute approximate surface area is 279 Å². The fraction of sp³-hybridized carbons (Fsp3) is 0.636. The molecule has 6 atom stereocenters. The van der Waals surface area contributed by atoms with Crippen LogP contribution in [0.15, 0.2) is 30.4 Å². The van der Waals surface area contributed by atoms with Crippen LogP contribution in [0.4, 0.5) is 9.18 Å². The lowest BCUT2D eigenvalue weighted by Crippen LogP contribution is -2.57. The number of nitrogens with two attached hydrogens (primary N) is 1. The smallest absolute Gasteiger partial charge is 0.410 e. The largest absolute Gasteiger partial charge is 0.444 e. The fourth-order valence-electron chi connectivity index (χ4n) is 7.22. The van der Waals surface area contributed by atoms with Gasteiger partial charge in [0, 0.05) is 26.0 Å². The maximum atomic E-state index is 14.6. The zero-order valence-electron chi connectivity index (χ0n) is 27.1. The number of benzene rings is 1. The molecule has 1 saturated heterocycles. The predicted octanol–water partition coefficient (Wildman–Crippen LogP) is 1.81. The monoisotopic (exact) mass is 689 g/mol. The van der Waals surface area contributed by atoms with Crippen LogP contribution in [0.1, 0.15) is 75.0 Å². The van der Waals surface area contributed by atoms with E-state index in [4.69, 9.17) is 15.2 Å². The Morgan fingerprint density at radius 1 is 1.17 bits per heavy atom. The summed E-state index contributed by atoms with van der Waals surface area (Å²) >= 11 is 0. The zero-order chi connectivity index (χ0) is 34.2. The maximum absolute atomic E-state index is 14.6. The first-order valence-electron chi connectivity index (χ1n) is 16.8. The van der Waals surface area contributed by atoms with Crippen molar-refractivity contribution in [2.24, 2.45) is 11.7 Å². The van der Waals surface area contributed by atoms with Crippen LogP contribution in [-0.2, 0) is 40.3 Å². The lowest BCUT2D eigenvalue weighted by molar-refractivity contribution is -0.140. The molecule has 1 aromatic rings. The first kappa shape index (κ1) is 34.3. The van der Waals surface area contributed by atoms with Gasteiger partial charge in [-0.15, -0.1) is 0 Å². The number of rotatable bonds is 6. The first-order valence-corrected chi connectivity index (χ1v) is 18.3. The van der Waals surface area contributed by atoms with Gasteiger partial charge in [0.05, 0.1) is 30.5 Å². The molecule has 48 heavy (non-hydrogen) atoms. The maximum Gasteiger partial charge on any atom is 0.410 e. The Balaban J connectivity index is 1.22. The van der Waals surface area contributed by atoms with Crippen molar-refractivity contribution in [3.05, 3.63) is 47.3 Å². The van der Waals surface area contributed by atoms with Gasteiger partial charge >= 0.3 is 6.09 Å². The Morgan fingerprint density at radius 2 is 1.96 bits per heavy atom. The number of nitrogens with one attached hydrogen (secondary N) is 2. The average molecular weight is 690 g/mol. The van der Waals surface area contributed by atoms with Gasteiger partial charge in [0.2, 0.25) is 21.8 Å². The highest BCUT2D eigenvalue weighted by Gasteiger charge is 2.62. The van der Waals surface area contributed by atoms with Crippen molar-refractivity contribution in [1.82, 2.24) is 19.8 Å². The second kappa shape index (κ2) is 13.7. The number of ether oxygens (including phenoxy) is 2. The van der Waals surface area contributed by atoms with Crippen LogP contribution in [-0.4, -0.2) is 97.8 Å². The van der Waals surface area contributed by atoms with Gasteiger partial charge < -0.3 is 25.4 Å². The highest BCUT2D eigenvalue weighted by Crippen LogP contribution is 2.46. The number of carbonyl (C=O) groups is 4. The summed E-state index contributed by atoms with van der Waals surface area (Å²) in [5.41, 5.74) is 5.96. The standard InChI is InChI=1S/C33H44FN5O8S/c1-46-19-28-24-9-7-10-25(34)23(24)14-15-38(28)32(43)47-21-16-27-29(40)36-33(31(42)37-48(44,45)22-12-13-22)17-20(33)8-5-3-2-4-6-11-26(35)30(41)39(27)18-21/h5,7-10,20-22,26-28H,2-4,6,11-19,35H2,1H3,(H,36,40)(H,37,42)/t20-,21-,26+,27?,28?,33-/m1/s1. The van der Waals surface area contributed by atoms with Gasteiger partial charge in [-0.2, -0.15) is 0 Å². The Kier molecular flexibility index (Phi) is 9.83. The highest BCUT2D eigenvalue weighted by molar-refractivity contribution is 7.91. The molecule has 2 saturated carbocycles. The summed E-state index contributed by atoms with van der Waals surface area (Å²) in [6.45, 7) is 0.196. The minimum Gasteiger partial charge on any atom is -0.444 e. The minimum absolute atomic E-state index is 0.0530. The van der Waals surface area contributed by atoms with Crippen molar-refractivity contribution in [3.63, 3.8) is 0 Å². The molecule has 3 aliphatic heterocycles. The number of hydrogen-bond acceptors (Lipinski definition) is 9. The molecular weight excluding hydrogens is 645 g/mol. The molecule has 3 heterocycles. The molecular formula is C33H44FN5O8S. The summed E-state index contributed by atoms with van der Waals surface area (Å²) in [4.78, 5) is 57.5. The Hall–Kier alpha value is -3.56. The lowest BCUT2D eigenvalue weighted by atomic mass is 9.93. The van der Waals surface area contributed by atoms with Gasteiger partial charge in [-0.3, -0.25) is 24.0 Å². The van der Waals surface area contributed by atoms with Gasteiger partial charge in [0.1, 0.15) is 23.5 Å². The van der Waals surface area contributed by atoms with E-state index in [0.717, 1.165) is 19.3 Å². The van der Waals surface area contributed by atoms with Gasteiger partial charge in [-0.1, -0.05) is 37.1 Å². The van der Waals surface area contributed by atoms with Gasteiger partial charge in [-0.05, 0) is 62.1 Å². The minimum atomic E-state index is -3.87. The van der Waals surface area contributed by atoms with Crippen LogP contribution in [0.3, 0.4) is 0 Å². The van der Waals surface area contributed by atoms with Gasteiger partial charge in [0.15, 0.2) is 0 Å². The summed E-state index contributed by atoms with van der Waals surface area (Å²) in [6.07, 6.45) is 7.10. The van der Waals surface area contributed by atoms with Crippen LogP contribution < -0.4 is 15.8 Å². The molecule has 0 radical (unpaired) electrons.